The van der Waals surface area contributed by atoms with Gasteiger partial charge in [-0.2, -0.15) is 0 Å². The molecule has 0 aliphatic heterocycles. The number of rotatable bonds is 4. The van der Waals surface area contributed by atoms with Crippen LogP contribution in [0.3, 0.4) is 0 Å². The highest BCUT2D eigenvalue weighted by molar-refractivity contribution is 6.32. The molecule has 1 fully saturated rings. The van der Waals surface area contributed by atoms with Crippen molar-refractivity contribution in [2.24, 2.45) is 5.92 Å². The van der Waals surface area contributed by atoms with Gasteiger partial charge < -0.3 is 10.1 Å². The summed E-state index contributed by atoms with van der Waals surface area (Å²) in [6.45, 7) is 3.95. The lowest BCUT2D eigenvalue weighted by atomic mass is 9.86. The maximum Gasteiger partial charge on any atom is 0.261 e. The zero-order valence-electron chi connectivity index (χ0n) is 12.1. The zero-order chi connectivity index (χ0) is 14.5. The molecule has 0 saturated heterocycles. The highest BCUT2D eigenvalue weighted by atomic mass is 35.5. The molecule has 110 valence electrons. The molecule has 1 saturated carbocycles. The first-order valence-corrected chi connectivity index (χ1v) is 7.67. The summed E-state index contributed by atoms with van der Waals surface area (Å²) in [7, 11) is 0. The van der Waals surface area contributed by atoms with Crippen LogP contribution in [0.5, 0.6) is 5.75 Å². The monoisotopic (exact) mass is 295 g/mol. The SMILES string of the molecule is CC(Oc1ccccc1Cl)C(=O)NC1CCCCC1C. The second kappa shape index (κ2) is 6.98. The maximum absolute atomic E-state index is 12.2. The molecule has 1 N–H and O–H groups in total. The van der Waals surface area contributed by atoms with Crippen LogP contribution in [0.15, 0.2) is 24.3 Å². The minimum atomic E-state index is -0.538. The van der Waals surface area contributed by atoms with Crippen molar-refractivity contribution in [2.75, 3.05) is 0 Å². The first-order chi connectivity index (χ1) is 9.58. The van der Waals surface area contributed by atoms with E-state index in [1.807, 2.05) is 12.1 Å². The average Bonchev–Trinajstić information content (AvgIpc) is 2.43. The number of hydrogen-bond acceptors (Lipinski definition) is 2. The number of carbonyl (C=O) groups is 1. The Morgan fingerprint density at radius 3 is 2.75 bits per heavy atom. The van der Waals surface area contributed by atoms with E-state index >= 15 is 0 Å². The standard InChI is InChI=1S/C16H22ClNO2/c1-11-7-3-5-9-14(11)18-16(19)12(2)20-15-10-6-4-8-13(15)17/h4,6,8,10-12,14H,3,5,7,9H2,1-2H3,(H,18,19). The summed E-state index contributed by atoms with van der Waals surface area (Å²) in [4.78, 5) is 12.2. The average molecular weight is 296 g/mol. The van der Waals surface area contributed by atoms with Gasteiger partial charge >= 0.3 is 0 Å². The van der Waals surface area contributed by atoms with Gasteiger partial charge in [0.25, 0.3) is 5.91 Å². The van der Waals surface area contributed by atoms with E-state index < -0.39 is 6.10 Å². The van der Waals surface area contributed by atoms with Gasteiger partial charge in [-0.05, 0) is 37.8 Å². The van der Waals surface area contributed by atoms with Gasteiger partial charge in [0.2, 0.25) is 0 Å². The van der Waals surface area contributed by atoms with Gasteiger partial charge in [-0.1, -0.05) is 43.5 Å². The molecule has 0 spiro atoms. The highest BCUT2D eigenvalue weighted by Crippen LogP contribution is 2.25. The Bertz CT molecular complexity index is 464. The second-order valence-corrected chi connectivity index (χ2v) is 5.97. The lowest BCUT2D eigenvalue weighted by molar-refractivity contribution is -0.128. The molecule has 0 radical (unpaired) electrons. The van der Waals surface area contributed by atoms with Gasteiger partial charge in [0.1, 0.15) is 5.75 Å². The maximum atomic E-state index is 12.2. The van der Waals surface area contributed by atoms with Crippen molar-refractivity contribution in [3.63, 3.8) is 0 Å². The van der Waals surface area contributed by atoms with Crippen LogP contribution in [-0.4, -0.2) is 18.1 Å². The molecule has 1 amide bonds. The zero-order valence-corrected chi connectivity index (χ0v) is 12.8. The predicted octanol–water partition coefficient (Wildman–Crippen LogP) is 3.80. The van der Waals surface area contributed by atoms with E-state index in [0.717, 1.165) is 6.42 Å². The molecule has 1 aliphatic carbocycles. The molecule has 1 aromatic carbocycles. The largest absolute Gasteiger partial charge is 0.479 e. The summed E-state index contributed by atoms with van der Waals surface area (Å²) in [5, 5.41) is 3.63. The molecule has 1 aromatic rings. The van der Waals surface area contributed by atoms with Crippen LogP contribution in [0, 0.1) is 5.92 Å². The quantitative estimate of drug-likeness (QED) is 0.917. The van der Waals surface area contributed by atoms with E-state index in [9.17, 15) is 4.79 Å². The van der Waals surface area contributed by atoms with E-state index in [1.54, 1.807) is 19.1 Å². The Labute approximate surface area is 125 Å². The summed E-state index contributed by atoms with van der Waals surface area (Å²) < 4.78 is 5.64. The van der Waals surface area contributed by atoms with Crippen molar-refractivity contribution < 1.29 is 9.53 Å². The van der Waals surface area contributed by atoms with Gasteiger partial charge in [0, 0.05) is 6.04 Å². The predicted molar refractivity (Wildman–Crippen MR) is 81.1 cm³/mol. The Morgan fingerprint density at radius 2 is 2.05 bits per heavy atom. The Kier molecular flexibility index (Phi) is 5.30. The minimum Gasteiger partial charge on any atom is -0.479 e. The molecule has 0 heterocycles. The van der Waals surface area contributed by atoms with Crippen LogP contribution >= 0.6 is 11.6 Å². The molecular formula is C16H22ClNO2. The van der Waals surface area contributed by atoms with Crippen LogP contribution in [0.4, 0.5) is 0 Å². The van der Waals surface area contributed by atoms with Crippen molar-refractivity contribution >= 4 is 17.5 Å². The summed E-state index contributed by atoms with van der Waals surface area (Å²) in [5.74, 6) is 1.03. The molecule has 3 atom stereocenters. The molecule has 0 bridgehead atoms. The van der Waals surface area contributed by atoms with E-state index in [4.69, 9.17) is 16.3 Å². The smallest absolute Gasteiger partial charge is 0.261 e. The second-order valence-electron chi connectivity index (χ2n) is 5.57. The van der Waals surface area contributed by atoms with E-state index in [1.165, 1.54) is 19.3 Å². The molecule has 3 nitrogen and oxygen atoms in total. The van der Waals surface area contributed by atoms with Gasteiger partial charge in [0.05, 0.1) is 5.02 Å². The normalized spacial score (nSPS) is 23.9. The van der Waals surface area contributed by atoms with Gasteiger partial charge in [0.15, 0.2) is 6.10 Å². The van der Waals surface area contributed by atoms with Crippen LogP contribution in [0.1, 0.15) is 39.5 Å². The number of halogens is 1. The van der Waals surface area contributed by atoms with Crippen LogP contribution in [-0.2, 0) is 4.79 Å². The first-order valence-electron chi connectivity index (χ1n) is 7.29. The van der Waals surface area contributed by atoms with Crippen LogP contribution < -0.4 is 10.1 Å². The highest BCUT2D eigenvalue weighted by Gasteiger charge is 2.25. The number of benzene rings is 1. The molecular weight excluding hydrogens is 274 g/mol. The number of nitrogens with one attached hydrogen (secondary N) is 1. The third-order valence-corrected chi connectivity index (χ3v) is 4.26. The third kappa shape index (κ3) is 3.89. The Hall–Kier alpha value is -1.22. The van der Waals surface area contributed by atoms with Crippen molar-refractivity contribution in [1.29, 1.82) is 0 Å². The fourth-order valence-corrected chi connectivity index (χ4v) is 2.80. The number of ether oxygens (including phenoxy) is 1. The molecule has 4 heteroatoms. The lowest BCUT2D eigenvalue weighted by Gasteiger charge is -2.30. The lowest BCUT2D eigenvalue weighted by Crippen LogP contribution is -2.46. The van der Waals surface area contributed by atoms with Crippen LogP contribution in [0.25, 0.3) is 0 Å². The summed E-state index contributed by atoms with van der Waals surface area (Å²) in [5.41, 5.74) is 0. The fourth-order valence-electron chi connectivity index (χ4n) is 2.62. The number of amides is 1. The van der Waals surface area contributed by atoms with Crippen molar-refractivity contribution in [1.82, 2.24) is 5.32 Å². The molecule has 3 unspecified atom stereocenters. The minimum absolute atomic E-state index is 0.0660. The molecule has 0 aromatic heterocycles. The first kappa shape index (κ1) is 15.2. The summed E-state index contributed by atoms with van der Waals surface area (Å²) in [6.07, 6.45) is 4.16. The molecule has 2 rings (SSSR count). The van der Waals surface area contributed by atoms with Crippen molar-refractivity contribution in [3.05, 3.63) is 29.3 Å². The Morgan fingerprint density at radius 1 is 1.35 bits per heavy atom. The molecule has 1 aliphatic rings. The summed E-state index contributed by atoms with van der Waals surface area (Å²) in [6, 6.07) is 7.48. The van der Waals surface area contributed by atoms with Crippen molar-refractivity contribution in [2.45, 2.75) is 51.7 Å². The Balaban J connectivity index is 1.90. The fraction of sp³-hybridized carbons (Fsp3) is 0.562. The number of para-hydroxylation sites is 1. The van der Waals surface area contributed by atoms with Gasteiger partial charge in [-0.15, -0.1) is 0 Å². The number of hydrogen-bond donors (Lipinski definition) is 1. The van der Waals surface area contributed by atoms with Gasteiger partial charge in [-0.25, -0.2) is 0 Å². The number of carbonyl (C=O) groups excluding carboxylic acids is 1. The van der Waals surface area contributed by atoms with E-state index in [-0.39, 0.29) is 11.9 Å². The van der Waals surface area contributed by atoms with Gasteiger partial charge in [-0.3, -0.25) is 4.79 Å². The van der Waals surface area contributed by atoms with E-state index in [0.29, 0.717) is 16.7 Å². The van der Waals surface area contributed by atoms with Crippen molar-refractivity contribution in [3.8, 4) is 5.75 Å². The van der Waals surface area contributed by atoms with E-state index in [2.05, 4.69) is 12.2 Å². The molecule has 20 heavy (non-hydrogen) atoms. The third-order valence-electron chi connectivity index (χ3n) is 3.95. The summed E-state index contributed by atoms with van der Waals surface area (Å²) >= 11 is 6.03. The van der Waals surface area contributed by atoms with Crippen LogP contribution in [0.2, 0.25) is 5.02 Å². The topological polar surface area (TPSA) is 38.3 Å².